The number of anilines is 1. The molecule has 1 amide bonds. The second kappa shape index (κ2) is 5.80. The SMILES string of the molecule is Cc1ncc(NC(=O)c2nc(-c3ccccc3)cs2)cn1. The van der Waals surface area contributed by atoms with Gasteiger partial charge in [-0.25, -0.2) is 15.0 Å². The van der Waals surface area contributed by atoms with Crippen LogP contribution in [0.1, 0.15) is 15.6 Å². The topological polar surface area (TPSA) is 67.8 Å². The summed E-state index contributed by atoms with van der Waals surface area (Å²) >= 11 is 1.31. The van der Waals surface area contributed by atoms with Crippen LogP contribution < -0.4 is 5.32 Å². The summed E-state index contributed by atoms with van der Waals surface area (Å²) < 4.78 is 0. The lowest BCUT2D eigenvalue weighted by atomic mass is 10.2. The second-order valence-electron chi connectivity index (χ2n) is 4.38. The summed E-state index contributed by atoms with van der Waals surface area (Å²) in [5, 5.41) is 5.02. The van der Waals surface area contributed by atoms with Gasteiger partial charge < -0.3 is 5.32 Å². The highest BCUT2D eigenvalue weighted by Crippen LogP contribution is 2.22. The quantitative estimate of drug-likeness (QED) is 0.806. The number of hydrogen-bond donors (Lipinski definition) is 1. The molecule has 2 heterocycles. The summed E-state index contributed by atoms with van der Waals surface area (Å²) in [6.07, 6.45) is 3.15. The van der Waals surface area contributed by atoms with Crippen molar-refractivity contribution in [3.8, 4) is 11.3 Å². The maximum absolute atomic E-state index is 12.1. The third-order valence-corrected chi connectivity index (χ3v) is 3.65. The van der Waals surface area contributed by atoms with Crippen molar-refractivity contribution in [2.45, 2.75) is 6.92 Å². The summed E-state index contributed by atoms with van der Waals surface area (Å²) in [4.78, 5) is 24.6. The summed E-state index contributed by atoms with van der Waals surface area (Å²) in [6.45, 7) is 1.79. The zero-order valence-corrected chi connectivity index (χ0v) is 12.1. The first-order valence-electron chi connectivity index (χ1n) is 6.33. The fraction of sp³-hybridized carbons (Fsp3) is 0.0667. The van der Waals surface area contributed by atoms with Crippen molar-refractivity contribution in [2.75, 3.05) is 5.32 Å². The summed E-state index contributed by atoms with van der Waals surface area (Å²) in [7, 11) is 0. The molecule has 6 heteroatoms. The van der Waals surface area contributed by atoms with Crippen LogP contribution in [0.25, 0.3) is 11.3 Å². The maximum atomic E-state index is 12.1. The van der Waals surface area contributed by atoms with Gasteiger partial charge in [0.1, 0.15) is 5.82 Å². The van der Waals surface area contributed by atoms with E-state index in [1.807, 2.05) is 35.7 Å². The van der Waals surface area contributed by atoms with Crippen LogP contribution in [-0.2, 0) is 0 Å². The lowest BCUT2D eigenvalue weighted by Gasteiger charge is -2.01. The fourth-order valence-corrected chi connectivity index (χ4v) is 2.48. The highest BCUT2D eigenvalue weighted by Gasteiger charge is 2.12. The Morgan fingerprint density at radius 3 is 2.57 bits per heavy atom. The van der Waals surface area contributed by atoms with E-state index >= 15 is 0 Å². The third kappa shape index (κ3) is 3.11. The van der Waals surface area contributed by atoms with Gasteiger partial charge in [0.15, 0.2) is 5.01 Å². The molecule has 0 fully saturated rings. The number of thiazole rings is 1. The predicted octanol–water partition coefficient (Wildman–Crippen LogP) is 3.16. The number of aromatic nitrogens is 3. The Bertz CT molecular complexity index is 753. The second-order valence-corrected chi connectivity index (χ2v) is 5.24. The number of benzene rings is 1. The molecule has 3 rings (SSSR count). The molecule has 0 spiro atoms. The molecule has 0 saturated heterocycles. The molecule has 0 aliphatic rings. The molecule has 0 radical (unpaired) electrons. The van der Waals surface area contributed by atoms with Gasteiger partial charge in [0, 0.05) is 10.9 Å². The molecular weight excluding hydrogens is 284 g/mol. The molecule has 1 N–H and O–H groups in total. The van der Waals surface area contributed by atoms with Crippen LogP contribution >= 0.6 is 11.3 Å². The van der Waals surface area contributed by atoms with E-state index in [4.69, 9.17) is 0 Å². The van der Waals surface area contributed by atoms with Crippen LogP contribution in [0, 0.1) is 6.92 Å². The minimum atomic E-state index is -0.255. The van der Waals surface area contributed by atoms with Gasteiger partial charge in [-0.1, -0.05) is 30.3 Å². The predicted molar refractivity (Wildman–Crippen MR) is 82.3 cm³/mol. The standard InChI is InChI=1S/C15H12N4OS/c1-10-16-7-12(8-17-10)18-14(20)15-19-13(9-21-15)11-5-3-2-4-6-11/h2-9H,1H3,(H,18,20). The van der Waals surface area contributed by atoms with E-state index in [0.717, 1.165) is 11.3 Å². The first-order valence-corrected chi connectivity index (χ1v) is 7.21. The first kappa shape index (κ1) is 13.4. The van der Waals surface area contributed by atoms with Crippen LogP contribution in [0.2, 0.25) is 0 Å². The lowest BCUT2D eigenvalue weighted by Crippen LogP contribution is -2.12. The van der Waals surface area contributed by atoms with Gasteiger partial charge in [-0.3, -0.25) is 4.79 Å². The fourth-order valence-electron chi connectivity index (χ4n) is 1.76. The highest BCUT2D eigenvalue weighted by atomic mass is 32.1. The van der Waals surface area contributed by atoms with Gasteiger partial charge in [0.05, 0.1) is 23.8 Å². The molecule has 0 saturated carbocycles. The van der Waals surface area contributed by atoms with Crippen molar-refractivity contribution in [2.24, 2.45) is 0 Å². The minimum absolute atomic E-state index is 0.255. The Balaban J connectivity index is 1.77. The smallest absolute Gasteiger partial charge is 0.284 e. The molecule has 1 aromatic carbocycles. The number of nitrogens with one attached hydrogen (secondary N) is 1. The van der Waals surface area contributed by atoms with E-state index in [1.54, 1.807) is 19.3 Å². The zero-order chi connectivity index (χ0) is 14.7. The van der Waals surface area contributed by atoms with Crippen LogP contribution in [-0.4, -0.2) is 20.9 Å². The summed E-state index contributed by atoms with van der Waals surface area (Å²) in [5.41, 5.74) is 2.35. The average Bonchev–Trinajstić information content (AvgIpc) is 3.00. The van der Waals surface area contributed by atoms with Gasteiger partial charge in [0.25, 0.3) is 5.91 Å². The maximum Gasteiger partial charge on any atom is 0.284 e. The molecule has 21 heavy (non-hydrogen) atoms. The van der Waals surface area contributed by atoms with E-state index in [-0.39, 0.29) is 5.91 Å². The Morgan fingerprint density at radius 1 is 1.14 bits per heavy atom. The van der Waals surface area contributed by atoms with Crippen LogP contribution in [0.5, 0.6) is 0 Å². The van der Waals surface area contributed by atoms with Gasteiger partial charge in [0.2, 0.25) is 0 Å². The Morgan fingerprint density at radius 2 is 1.86 bits per heavy atom. The molecule has 0 aliphatic carbocycles. The molecule has 5 nitrogen and oxygen atoms in total. The number of carbonyl (C=O) groups excluding carboxylic acids is 1. The molecule has 0 atom stereocenters. The molecule has 104 valence electrons. The Kier molecular flexibility index (Phi) is 3.70. The van der Waals surface area contributed by atoms with E-state index in [9.17, 15) is 4.79 Å². The van der Waals surface area contributed by atoms with E-state index < -0.39 is 0 Å². The highest BCUT2D eigenvalue weighted by molar-refractivity contribution is 7.12. The molecule has 2 aromatic heterocycles. The van der Waals surface area contributed by atoms with Gasteiger partial charge in [-0.15, -0.1) is 11.3 Å². The Hall–Kier alpha value is -2.60. The van der Waals surface area contributed by atoms with E-state index in [0.29, 0.717) is 16.5 Å². The van der Waals surface area contributed by atoms with E-state index in [2.05, 4.69) is 20.3 Å². The van der Waals surface area contributed by atoms with Gasteiger partial charge >= 0.3 is 0 Å². The molecule has 0 aliphatic heterocycles. The zero-order valence-electron chi connectivity index (χ0n) is 11.3. The number of rotatable bonds is 3. The number of hydrogen-bond acceptors (Lipinski definition) is 5. The molecule has 0 unspecified atom stereocenters. The van der Waals surface area contributed by atoms with Gasteiger partial charge in [-0.05, 0) is 6.92 Å². The lowest BCUT2D eigenvalue weighted by molar-refractivity contribution is 0.102. The summed E-state index contributed by atoms with van der Waals surface area (Å²) in [5.74, 6) is 0.406. The monoisotopic (exact) mass is 296 g/mol. The largest absolute Gasteiger partial charge is 0.317 e. The molecule has 0 bridgehead atoms. The van der Waals surface area contributed by atoms with Crippen molar-refractivity contribution in [1.82, 2.24) is 15.0 Å². The van der Waals surface area contributed by atoms with Crippen molar-refractivity contribution in [1.29, 1.82) is 0 Å². The van der Waals surface area contributed by atoms with Crippen LogP contribution in [0.15, 0.2) is 48.1 Å². The minimum Gasteiger partial charge on any atom is -0.317 e. The van der Waals surface area contributed by atoms with Crippen LogP contribution in [0.3, 0.4) is 0 Å². The van der Waals surface area contributed by atoms with E-state index in [1.165, 1.54) is 11.3 Å². The molecule has 3 aromatic rings. The number of aryl methyl sites for hydroxylation is 1. The number of nitrogens with zero attached hydrogens (tertiary/aromatic N) is 3. The van der Waals surface area contributed by atoms with Crippen molar-refractivity contribution < 1.29 is 4.79 Å². The van der Waals surface area contributed by atoms with Gasteiger partial charge in [-0.2, -0.15) is 0 Å². The van der Waals surface area contributed by atoms with Crippen molar-refractivity contribution in [3.05, 3.63) is 58.9 Å². The van der Waals surface area contributed by atoms with Crippen molar-refractivity contribution >= 4 is 22.9 Å². The summed E-state index contributed by atoms with van der Waals surface area (Å²) in [6, 6.07) is 9.76. The normalized spacial score (nSPS) is 10.3. The number of carbonyl (C=O) groups is 1. The third-order valence-electron chi connectivity index (χ3n) is 2.81. The van der Waals surface area contributed by atoms with Crippen LogP contribution in [0.4, 0.5) is 5.69 Å². The number of amides is 1. The average molecular weight is 296 g/mol. The first-order chi connectivity index (χ1) is 10.2. The van der Waals surface area contributed by atoms with Crippen molar-refractivity contribution in [3.63, 3.8) is 0 Å². The molecular formula is C15H12N4OS. The Labute approximate surface area is 125 Å².